The molecule has 1 aromatic heterocycles. The molecule has 84 valence electrons. The maximum absolute atomic E-state index is 2.24. The molecule has 0 fully saturated rings. The summed E-state index contributed by atoms with van der Waals surface area (Å²) < 4.78 is 2.24. The fourth-order valence-corrected chi connectivity index (χ4v) is 2.12. The summed E-state index contributed by atoms with van der Waals surface area (Å²) in [7, 11) is 2.12. The predicted octanol–water partition coefficient (Wildman–Crippen LogP) is 3.33. The van der Waals surface area contributed by atoms with Crippen LogP contribution in [0.15, 0.2) is 48.5 Å². The van der Waals surface area contributed by atoms with Crippen LogP contribution in [0.2, 0.25) is 0 Å². The molecular formula is C13H11Ar2N. The molecule has 0 spiro atoms. The summed E-state index contributed by atoms with van der Waals surface area (Å²) in [4.78, 5) is 0. The molecule has 0 amide bonds. The summed E-state index contributed by atoms with van der Waals surface area (Å²) in [5.74, 6) is 0. The van der Waals surface area contributed by atoms with Crippen LogP contribution in [0.1, 0.15) is 0 Å². The van der Waals surface area contributed by atoms with Gasteiger partial charge in [-0.3, -0.25) is 0 Å². The van der Waals surface area contributed by atoms with Gasteiger partial charge >= 0.3 is 0 Å². The molecule has 0 aliphatic carbocycles. The van der Waals surface area contributed by atoms with E-state index in [9.17, 15) is 0 Å². The zero-order chi connectivity index (χ0) is 9.54. The molecule has 0 bridgehead atoms. The van der Waals surface area contributed by atoms with Crippen molar-refractivity contribution in [3.63, 3.8) is 0 Å². The predicted molar refractivity (Wildman–Crippen MR) is 60.4 cm³/mol. The van der Waals surface area contributed by atoms with Crippen molar-refractivity contribution in [1.29, 1.82) is 0 Å². The van der Waals surface area contributed by atoms with E-state index in [4.69, 9.17) is 0 Å². The zero-order valence-electron chi connectivity index (χ0n) is 8.77. The summed E-state index contributed by atoms with van der Waals surface area (Å²) in [6.07, 6.45) is 0. The first-order valence-corrected chi connectivity index (χ1v) is 4.80. The van der Waals surface area contributed by atoms with Crippen molar-refractivity contribution in [2.75, 3.05) is 0 Å². The molecule has 16 heavy (non-hydrogen) atoms. The van der Waals surface area contributed by atoms with Gasteiger partial charge in [0.1, 0.15) is 0 Å². The van der Waals surface area contributed by atoms with E-state index in [0.717, 1.165) is 0 Å². The number of nitrogens with zero attached hydrogens (tertiary/aromatic N) is 1. The van der Waals surface area contributed by atoms with E-state index in [1.807, 2.05) is 0 Å². The average molecular weight is 261 g/mol. The molecule has 0 atom stereocenters. The Kier molecular flexibility index (Phi) is 5.63. The summed E-state index contributed by atoms with van der Waals surface area (Å²) in [5, 5.41) is 2.68. The fourth-order valence-electron chi connectivity index (χ4n) is 2.12. The van der Waals surface area contributed by atoms with E-state index in [1.54, 1.807) is 0 Å². The second-order valence-corrected chi connectivity index (χ2v) is 3.59. The summed E-state index contributed by atoms with van der Waals surface area (Å²) in [6, 6.07) is 17.0. The van der Waals surface area contributed by atoms with Crippen molar-refractivity contribution in [1.82, 2.24) is 4.57 Å². The van der Waals surface area contributed by atoms with Crippen molar-refractivity contribution in [3.05, 3.63) is 48.5 Å². The number of rotatable bonds is 0. The minimum absolute atomic E-state index is 0. The van der Waals surface area contributed by atoms with Crippen molar-refractivity contribution < 1.29 is 75.5 Å². The Morgan fingerprint density at radius 3 is 1.50 bits per heavy atom. The fraction of sp³-hybridized carbons (Fsp3) is 0.0769. The van der Waals surface area contributed by atoms with Gasteiger partial charge in [0.15, 0.2) is 0 Å². The molecule has 3 aromatic rings. The second-order valence-electron chi connectivity index (χ2n) is 3.59. The minimum Gasteiger partial charge on any atom is -0.344 e. The van der Waals surface area contributed by atoms with Crippen molar-refractivity contribution >= 4 is 21.8 Å². The van der Waals surface area contributed by atoms with Gasteiger partial charge in [-0.1, -0.05) is 36.4 Å². The van der Waals surface area contributed by atoms with Crippen LogP contribution < -0.4 is 0 Å². The first-order valence-electron chi connectivity index (χ1n) is 4.80. The van der Waals surface area contributed by atoms with Crippen molar-refractivity contribution in [2.45, 2.75) is 0 Å². The van der Waals surface area contributed by atoms with Crippen LogP contribution in [0.3, 0.4) is 0 Å². The largest absolute Gasteiger partial charge is 0.344 e. The quantitative estimate of drug-likeness (QED) is 0.585. The van der Waals surface area contributed by atoms with Gasteiger partial charge in [0.2, 0.25) is 0 Å². The average Bonchev–Trinajstić information content (AvgIpc) is 2.55. The summed E-state index contributed by atoms with van der Waals surface area (Å²) in [5.41, 5.74) is 2.60. The molecule has 2 aromatic carbocycles. The summed E-state index contributed by atoms with van der Waals surface area (Å²) in [6.45, 7) is 0. The molecule has 3 heteroatoms. The van der Waals surface area contributed by atoms with Gasteiger partial charge in [0, 0.05) is 104 Å². The van der Waals surface area contributed by atoms with Gasteiger partial charge < -0.3 is 4.57 Å². The maximum Gasteiger partial charge on any atom is 0.0488 e. The standard InChI is InChI=1S/C13H11N.2Ar/c1-14-12-8-4-2-6-10(12)11-7-3-5-9-13(11)14;;/h2-9H,1H3;;. The topological polar surface area (TPSA) is 4.93 Å². The third kappa shape index (κ3) is 2.31. The van der Waals surface area contributed by atoms with Gasteiger partial charge in [-0.15, -0.1) is 0 Å². The number of hydrogen-bond acceptors (Lipinski definition) is 0. The molecule has 1 heterocycles. The maximum atomic E-state index is 2.24. The van der Waals surface area contributed by atoms with Crippen LogP contribution in [-0.2, 0) is 7.05 Å². The number of aromatic nitrogens is 1. The van der Waals surface area contributed by atoms with E-state index in [-0.39, 0.29) is 75.5 Å². The van der Waals surface area contributed by atoms with Gasteiger partial charge in [0.25, 0.3) is 0 Å². The Balaban J connectivity index is 0.000000640. The number of benzene rings is 2. The van der Waals surface area contributed by atoms with Crippen molar-refractivity contribution in [3.8, 4) is 0 Å². The Bertz CT molecular complexity index is 560. The van der Waals surface area contributed by atoms with Gasteiger partial charge in [0.05, 0.1) is 0 Å². The third-order valence-corrected chi connectivity index (χ3v) is 2.82. The number of para-hydroxylation sites is 2. The molecule has 0 aliphatic heterocycles. The van der Waals surface area contributed by atoms with E-state index < -0.39 is 0 Å². The third-order valence-electron chi connectivity index (χ3n) is 2.82. The molecule has 0 unspecified atom stereocenters. The Morgan fingerprint density at radius 2 is 1.06 bits per heavy atom. The zero-order valence-corrected chi connectivity index (χ0v) is 10.2. The normalized spacial score (nSPS) is 9.81. The minimum atomic E-state index is 0. The molecule has 0 saturated heterocycles. The monoisotopic (exact) mass is 261 g/mol. The van der Waals surface area contributed by atoms with Crippen LogP contribution in [-0.4, -0.2) is 4.57 Å². The van der Waals surface area contributed by atoms with E-state index in [2.05, 4.69) is 60.1 Å². The van der Waals surface area contributed by atoms with Gasteiger partial charge in [-0.2, -0.15) is 0 Å². The number of hydrogen-bond donors (Lipinski definition) is 0. The van der Waals surface area contributed by atoms with Gasteiger partial charge in [-0.05, 0) is 12.1 Å². The first kappa shape index (κ1) is 14.8. The molecular weight excluding hydrogens is 250 g/mol. The Labute approximate surface area is 155 Å². The Hall–Kier alpha value is 0.759. The van der Waals surface area contributed by atoms with Crippen LogP contribution in [0.4, 0.5) is 0 Å². The molecule has 3 rings (SSSR count). The van der Waals surface area contributed by atoms with Crippen molar-refractivity contribution in [2.24, 2.45) is 7.05 Å². The van der Waals surface area contributed by atoms with Crippen LogP contribution in [0.25, 0.3) is 21.8 Å². The van der Waals surface area contributed by atoms with E-state index >= 15 is 0 Å². The number of aryl methyl sites for hydroxylation is 1. The Morgan fingerprint density at radius 1 is 0.688 bits per heavy atom. The molecule has 0 radical (unpaired) electrons. The van der Waals surface area contributed by atoms with Gasteiger partial charge in [-0.25, -0.2) is 0 Å². The van der Waals surface area contributed by atoms with E-state index in [0.29, 0.717) is 0 Å². The number of fused-ring (bicyclic) bond motifs is 3. The van der Waals surface area contributed by atoms with Crippen LogP contribution in [0.5, 0.6) is 0 Å². The molecule has 0 N–H and O–H groups in total. The molecule has 0 aliphatic rings. The molecule has 0 saturated carbocycles. The smallest absolute Gasteiger partial charge is 0.0488 e. The van der Waals surface area contributed by atoms with Crippen LogP contribution >= 0.6 is 0 Å². The SMILES string of the molecule is Cn1c2ccccc2c2ccccc21.[Ar].[Ar]. The van der Waals surface area contributed by atoms with E-state index in [1.165, 1.54) is 21.8 Å². The second kappa shape index (κ2) is 6.08. The summed E-state index contributed by atoms with van der Waals surface area (Å²) >= 11 is 0. The van der Waals surface area contributed by atoms with Crippen LogP contribution in [0, 0.1) is 75.5 Å². The molecule has 1 nitrogen and oxygen atoms in total. The first-order chi connectivity index (χ1) is 6.88.